The summed E-state index contributed by atoms with van der Waals surface area (Å²) in [6.45, 7) is 3.86. The molecule has 1 atom stereocenters. The van der Waals surface area contributed by atoms with E-state index in [1.807, 2.05) is 25.1 Å². The zero-order chi connectivity index (χ0) is 23.8. The lowest BCUT2D eigenvalue weighted by Crippen LogP contribution is -2.09. The smallest absolute Gasteiger partial charge is 0.416 e. The van der Waals surface area contributed by atoms with Gasteiger partial charge in [-0.25, -0.2) is 4.98 Å². The molecule has 172 valence electrons. The van der Waals surface area contributed by atoms with Crippen molar-refractivity contribution in [3.63, 3.8) is 0 Å². The molecule has 1 N–H and O–H groups in total. The molecular formula is C24H21F3N2O4. The van der Waals surface area contributed by atoms with Crippen molar-refractivity contribution >= 4 is 16.9 Å². The Morgan fingerprint density at radius 2 is 1.91 bits per heavy atom. The van der Waals surface area contributed by atoms with Crippen LogP contribution in [0.25, 0.3) is 22.4 Å². The Labute approximate surface area is 187 Å². The van der Waals surface area contributed by atoms with Gasteiger partial charge in [0.1, 0.15) is 18.1 Å². The molecule has 0 bridgehead atoms. The van der Waals surface area contributed by atoms with E-state index in [-0.39, 0.29) is 18.4 Å². The summed E-state index contributed by atoms with van der Waals surface area (Å²) in [5, 5.41) is 9.85. The first-order chi connectivity index (χ1) is 15.6. The maximum atomic E-state index is 12.8. The summed E-state index contributed by atoms with van der Waals surface area (Å²) in [4.78, 5) is 15.4. The molecule has 4 rings (SSSR count). The molecule has 0 aliphatic rings. The van der Waals surface area contributed by atoms with E-state index in [4.69, 9.17) is 14.3 Å². The maximum absolute atomic E-state index is 12.8. The van der Waals surface area contributed by atoms with Crippen LogP contribution in [0.2, 0.25) is 0 Å². The predicted molar refractivity (Wildman–Crippen MR) is 115 cm³/mol. The molecule has 0 spiro atoms. The van der Waals surface area contributed by atoms with Crippen LogP contribution in [0.1, 0.15) is 29.9 Å². The average Bonchev–Trinajstić information content (AvgIpc) is 3.34. The number of carbonyl (C=O) groups is 1. The lowest BCUT2D eigenvalue weighted by molar-refractivity contribution is -0.138. The fraction of sp³-hybridized carbons (Fsp3) is 0.250. The summed E-state index contributed by atoms with van der Waals surface area (Å²) in [5.41, 5.74) is 1.19. The molecule has 6 nitrogen and oxygen atoms in total. The summed E-state index contributed by atoms with van der Waals surface area (Å²) < 4.78 is 51.6. The minimum absolute atomic E-state index is 0.118. The molecular weight excluding hydrogens is 437 g/mol. The number of aromatic nitrogens is 2. The highest BCUT2D eigenvalue weighted by Crippen LogP contribution is 2.32. The molecule has 9 heteroatoms. The van der Waals surface area contributed by atoms with Crippen molar-refractivity contribution in [3.8, 4) is 17.2 Å². The molecule has 33 heavy (non-hydrogen) atoms. The molecule has 0 aliphatic heterocycles. The highest BCUT2D eigenvalue weighted by Gasteiger charge is 2.30. The molecule has 4 aromatic rings. The second-order valence-corrected chi connectivity index (χ2v) is 7.81. The largest absolute Gasteiger partial charge is 0.493 e. The molecule has 0 amide bonds. The molecule has 2 heterocycles. The Kier molecular flexibility index (Phi) is 5.88. The SMILES string of the molecule is Cc1oc(-c2ccc(C(F)(F)F)cc2)nc1[C@H](C)COc1ccc2c(ccn2CC(=O)O)c1. The van der Waals surface area contributed by atoms with E-state index in [1.54, 1.807) is 23.8 Å². The van der Waals surface area contributed by atoms with Crippen LogP contribution >= 0.6 is 0 Å². The number of aliphatic carboxylic acids is 1. The lowest BCUT2D eigenvalue weighted by Gasteiger charge is -2.12. The molecule has 2 aromatic heterocycles. The van der Waals surface area contributed by atoms with E-state index >= 15 is 0 Å². The average molecular weight is 458 g/mol. The third-order valence-electron chi connectivity index (χ3n) is 5.31. The fourth-order valence-electron chi connectivity index (χ4n) is 3.64. The topological polar surface area (TPSA) is 77.5 Å². The summed E-state index contributed by atoms with van der Waals surface area (Å²) in [5.74, 6) is 0.405. The van der Waals surface area contributed by atoms with Crippen molar-refractivity contribution in [3.05, 3.63) is 71.7 Å². The zero-order valence-corrected chi connectivity index (χ0v) is 17.9. The third-order valence-corrected chi connectivity index (χ3v) is 5.31. The van der Waals surface area contributed by atoms with Crippen LogP contribution in [0, 0.1) is 6.92 Å². The van der Waals surface area contributed by atoms with Crippen molar-refractivity contribution in [1.82, 2.24) is 9.55 Å². The maximum Gasteiger partial charge on any atom is 0.416 e. The minimum atomic E-state index is -4.40. The van der Waals surface area contributed by atoms with Crippen LogP contribution in [0.3, 0.4) is 0 Å². The van der Waals surface area contributed by atoms with Gasteiger partial charge in [0, 0.05) is 28.6 Å². The Morgan fingerprint density at radius 3 is 2.58 bits per heavy atom. The van der Waals surface area contributed by atoms with Gasteiger partial charge in [0.15, 0.2) is 0 Å². The van der Waals surface area contributed by atoms with Gasteiger partial charge in [-0.2, -0.15) is 13.2 Å². The van der Waals surface area contributed by atoms with Crippen LogP contribution in [0.5, 0.6) is 5.75 Å². The number of benzene rings is 2. The van der Waals surface area contributed by atoms with Gasteiger partial charge >= 0.3 is 12.1 Å². The number of nitrogens with zero attached hydrogens (tertiary/aromatic N) is 2. The molecule has 0 unspecified atom stereocenters. The van der Waals surface area contributed by atoms with Crippen molar-refractivity contribution in [2.45, 2.75) is 32.5 Å². The number of fused-ring (bicyclic) bond motifs is 1. The van der Waals surface area contributed by atoms with Gasteiger partial charge in [-0.1, -0.05) is 6.92 Å². The molecule has 2 aromatic carbocycles. The minimum Gasteiger partial charge on any atom is -0.493 e. The highest BCUT2D eigenvalue weighted by atomic mass is 19.4. The van der Waals surface area contributed by atoms with Gasteiger partial charge in [-0.05, 0) is 55.5 Å². The summed E-state index contributed by atoms with van der Waals surface area (Å²) >= 11 is 0. The Balaban J connectivity index is 1.45. The van der Waals surface area contributed by atoms with Gasteiger partial charge in [0.25, 0.3) is 0 Å². The number of oxazole rings is 1. The molecule has 0 radical (unpaired) electrons. The predicted octanol–water partition coefficient (Wildman–Crippen LogP) is 5.89. The number of alkyl halides is 3. The Morgan fingerprint density at radius 1 is 1.18 bits per heavy atom. The second-order valence-electron chi connectivity index (χ2n) is 7.81. The number of rotatable bonds is 7. The number of halogens is 3. The van der Waals surface area contributed by atoms with Crippen LogP contribution < -0.4 is 4.74 Å². The molecule has 0 aliphatic carbocycles. The van der Waals surface area contributed by atoms with Gasteiger partial charge in [0.05, 0.1) is 17.9 Å². The summed E-state index contributed by atoms with van der Waals surface area (Å²) in [6, 6.07) is 11.9. The first-order valence-electron chi connectivity index (χ1n) is 10.2. The normalized spacial score (nSPS) is 12.8. The standard InChI is InChI=1S/C24H21F3N2O4/c1-14(13-32-19-7-8-20-17(11-19)9-10-29(20)12-21(30)31)22-15(2)33-23(28-22)16-3-5-18(6-4-16)24(25,26)27/h3-11,14H,12-13H2,1-2H3,(H,30,31)/t14-/m1/s1. The van der Waals surface area contributed by atoms with Crippen molar-refractivity contribution < 1.29 is 32.2 Å². The number of ether oxygens (including phenoxy) is 1. The summed E-state index contributed by atoms with van der Waals surface area (Å²) in [6.07, 6.45) is -2.68. The Hall–Kier alpha value is -3.75. The van der Waals surface area contributed by atoms with Crippen LogP contribution in [-0.2, 0) is 17.5 Å². The van der Waals surface area contributed by atoms with Gasteiger partial charge in [0.2, 0.25) is 5.89 Å². The first-order valence-corrected chi connectivity index (χ1v) is 10.2. The van der Waals surface area contributed by atoms with E-state index in [0.717, 1.165) is 23.0 Å². The number of carboxylic acids is 1. The van der Waals surface area contributed by atoms with E-state index in [9.17, 15) is 18.0 Å². The number of carboxylic acid groups (broad SMARTS) is 1. The van der Waals surface area contributed by atoms with Crippen LogP contribution in [0.15, 0.2) is 59.1 Å². The van der Waals surface area contributed by atoms with Crippen molar-refractivity contribution in [2.75, 3.05) is 6.61 Å². The molecule has 0 fully saturated rings. The lowest BCUT2D eigenvalue weighted by atomic mass is 10.1. The molecule has 0 saturated carbocycles. The van der Waals surface area contributed by atoms with Crippen molar-refractivity contribution in [1.29, 1.82) is 0 Å². The van der Waals surface area contributed by atoms with Gasteiger partial charge in [-0.3, -0.25) is 4.79 Å². The number of hydrogen-bond acceptors (Lipinski definition) is 4. The zero-order valence-electron chi connectivity index (χ0n) is 17.9. The van der Waals surface area contributed by atoms with E-state index in [1.165, 1.54) is 12.1 Å². The summed E-state index contributed by atoms with van der Waals surface area (Å²) in [7, 11) is 0. The van der Waals surface area contributed by atoms with E-state index in [0.29, 0.717) is 29.4 Å². The highest BCUT2D eigenvalue weighted by molar-refractivity contribution is 5.83. The van der Waals surface area contributed by atoms with E-state index in [2.05, 4.69) is 4.98 Å². The number of aryl methyl sites for hydroxylation is 1. The van der Waals surface area contributed by atoms with Crippen LogP contribution in [0.4, 0.5) is 13.2 Å². The van der Waals surface area contributed by atoms with E-state index < -0.39 is 17.7 Å². The first kappa shape index (κ1) is 22.4. The number of hydrogen-bond donors (Lipinski definition) is 1. The van der Waals surface area contributed by atoms with Gasteiger partial charge in [-0.15, -0.1) is 0 Å². The third kappa shape index (κ3) is 4.87. The van der Waals surface area contributed by atoms with Gasteiger partial charge < -0.3 is 18.8 Å². The fourth-order valence-corrected chi connectivity index (χ4v) is 3.64. The second kappa shape index (κ2) is 8.65. The molecule has 0 saturated heterocycles. The quantitative estimate of drug-likeness (QED) is 0.374. The Bertz CT molecular complexity index is 1290. The van der Waals surface area contributed by atoms with Crippen molar-refractivity contribution in [2.24, 2.45) is 0 Å². The monoisotopic (exact) mass is 458 g/mol. The van der Waals surface area contributed by atoms with Crippen LogP contribution in [-0.4, -0.2) is 27.2 Å².